The first-order valence-electron chi connectivity index (χ1n) is 10.8. The van der Waals surface area contributed by atoms with Gasteiger partial charge in [-0.05, 0) is 36.6 Å². The van der Waals surface area contributed by atoms with Gasteiger partial charge in [-0.15, -0.1) is 0 Å². The van der Waals surface area contributed by atoms with E-state index in [0.717, 1.165) is 11.1 Å². The van der Waals surface area contributed by atoms with E-state index in [1.165, 1.54) is 0 Å². The second-order valence-corrected chi connectivity index (χ2v) is 8.10. The van der Waals surface area contributed by atoms with Crippen molar-refractivity contribution in [2.24, 2.45) is 5.92 Å². The molecule has 0 spiro atoms. The van der Waals surface area contributed by atoms with Gasteiger partial charge in [-0.2, -0.15) is 4.98 Å². The molecule has 0 bridgehead atoms. The summed E-state index contributed by atoms with van der Waals surface area (Å²) < 4.78 is 16.1. The Morgan fingerprint density at radius 1 is 1.03 bits per heavy atom. The summed E-state index contributed by atoms with van der Waals surface area (Å²) in [5.74, 6) is 2.59. The number of hydrogen-bond donors (Lipinski definition) is 0. The van der Waals surface area contributed by atoms with Gasteiger partial charge in [0.1, 0.15) is 0 Å². The molecule has 0 fully saturated rings. The molecule has 1 amide bonds. The maximum atomic E-state index is 13.0. The number of hydrogen-bond acceptors (Lipinski definition) is 6. The Morgan fingerprint density at radius 2 is 1.75 bits per heavy atom. The highest BCUT2D eigenvalue weighted by molar-refractivity contribution is 5.77. The number of benzene rings is 2. The molecule has 0 aliphatic rings. The van der Waals surface area contributed by atoms with E-state index in [2.05, 4.69) is 30.9 Å². The van der Waals surface area contributed by atoms with Crippen LogP contribution in [0.25, 0.3) is 11.4 Å². The fraction of sp³-hybridized carbons (Fsp3) is 0.400. The molecule has 0 aliphatic heterocycles. The summed E-state index contributed by atoms with van der Waals surface area (Å²) in [6, 6.07) is 15.5. The van der Waals surface area contributed by atoms with Crippen molar-refractivity contribution in [1.29, 1.82) is 0 Å². The zero-order chi connectivity index (χ0) is 23.1. The maximum absolute atomic E-state index is 13.0. The molecule has 0 radical (unpaired) electrons. The molecule has 7 heteroatoms. The van der Waals surface area contributed by atoms with E-state index in [4.69, 9.17) is 14.0 Å². The molecular formula is C25H31N3O4. The molecule has 0 unspecified atom stereocenters. The second-order valence-electron chi connectivity index (χ2n) is 8.10. The Balaban J connectivity index is 1.75. The van der Waals surface area contributed by atoms with Gasteiger partial charge in [0.25, 0.3) is 0 Å². The van der Waals surface area contributed by atoms with Crippen LogP contribution in [-0.2, 0) is 11.2 Å². The van der Waals surface area contributed by atoms with Crippen LogP contribution in [0.1, 0.15) is 44.7 Å². The van der Waals surface area contributed by atoms with E-state index in [1.54, 1.807) is 20.3 Å². The van der Waals surface area contributed by atoms with Gasteiger partial charge in [-0.25, -0.2) is 0 Å². The summed E-state index contributed by atoms with van der Waals surface area (Å²) in [6.07, 6.45) is 0.971. The van der Waals surface area contributed by atoms with E-state index in [9.17, 15) is 4.79 Å². The van der Waals surface area contributed by atoms with Crippen LogP contribution in [0.2, 0.25) is 0 Å². The van der Waals surface area contributed by atoms with E-state index >= 15 is 0 Å². The Morgan fingerprint density at radius 3 is 2.41 bits per heavy atom. The van der Waals surface area contributed by atoms with Gasteiger partial charge in [-0.3, -0.25) is 4.79 Å². The largest absolute Gasteiger partial charge is 0.493 e. The van der Waals surface area contributed by atoms with Crippen LogP contribution in [0.3, 0.4) is 0 Å². The van der Waals surface area contributed by atoms with Crippen LogP contribution >= 0.6 is 0 Å². The van der Waals surface area contributed by atoms with Crippen molar-refractivity contribution in [2.75, 3.05) is 20.8 Å². The molecule has 7 nitrogen and oxygen atoms in total. The molecule has 0 aliphatic carbocycles. The molecule has 1 atom stereocenters. The number of carbonyl (C=O) groups is 1. The molecule has 2 aromatic carbocycles. The third-order valence-electron chi connectivity index (χ3n) is 5.33. The summed E-state index contributed by atoms with van der Waals surface area (Å²) in [7, 11) is 3.17. The van der Waals surface area contributed by atoms with Gasteiger partial charge < -0.3 is 18.9 Å². The number of rotatable bonds is 10. The van der Waals surface area contributed by atoms with Crippen LogP contribution in [0.15, 0.2) is 53.1 Å². The minimum Gasteiger partial charge on any atom is -0.493 e. The number of ether oxygens (including phenoxy) is 2. The van der Waals surface area contributed by atoms with Crippen molar-refractivity contribution in [3.8, 4) is 22.9 Å². The van der Waals surface area contributed by atoms with E-state index in [1.807, 2.05) is 47.4 Å². The van der Waals surface area contributed by atoms with Crippen LogP contribution in [0.4, 0.5) is 0 Å². The predicted molar refractivity (Wildman–Crippen MR) is 123 cm³/mol. The molecule has 0 N–H and O–H groups in total. The lowest BCUT2D eigenvalue weighted by Gasteiger charge is -2.30. The first-order valence-corrected chi connectivity index (χ1v) is 10.8. The molecule has 1 heterocycles. The lowest BCUT2D eigenvalue weighted by Crippen LogP contribution is -2.36. The normalized spacial score (nSPS) is 11.9. The van der Waals surface area contributed by atoms with Crippen molar-refractivity contribution in [3.63, 3.8) is 0 Å². The van der Waals surface area contributed by atoms with Gasteiger partial charge in [0, 0.05) is 24.9 Å². The highest BCUT2D eigenvalue weighted by atomic mass is 16.5. The quantitative estimate of drug-likeness (QED) is 0.447. The number of nitrogens with zero attached hydrogens (tertiary/aromatic N) is 3. The van der Waals surface area contributed by atoms with E-state index in [0.29, 0.717) is 42.6 Å². The monoisotopic (exact) mass is 437 g/mol. The lowest BCUT2D eigenvalue weighted by atomic mass is 10.0. The maximum Gasteiger partial charge on any atom is 0.228 e. The number of aromatic nitrogens is 2. The smallest absolute Gasteiger partial charge is 0.228 e. The molecule has 1 aromatic heterocycles. The fourth-order valence-electron chi connectivity index (χ4n) is 3.58. The Labute approximate surface area is 189 Å². The summed E-state index contributed by atoms with van der Waals surface area (Å²) in [5.41, 5.74) is 1.86. The van der Waals surface area contributed by atoms with Crippen molar-refractivity contribution in [1.82, 2.24) is 15.0 Å². The zero-order valence-electron chi connectivity index (χ0n) is 19.4. The topological polar surface area (TPSA) is 77.7 Å². The van der Waals surface area contributed by atoms with Gasteiger partial charge in [-0.1, -0.05) is 49.3 Å². The van der Waals surface area contributed by atoms with Crippen LogP contribution in [0, 0.1) is 5.92 Å². The number of amides is 1. The summed E-state index contributed by atoms with van der Waals surface area (Å²) in [6.45, 7) is 6.65. The van der Waals surface area contributed by atoms with E-state index in [-0.39, 0.29) is 17.9 Å². The number of methoxy groups -OCH3 is 2. The van der Waals surface area contributed by atoms with Crippen LogP contribution in [0.5, 0.6) is 11.5 Å². The highest BCUT2D eigenvalue weighted by Gasteiger charge is 2.23. The second kappa shape index (κ2) is 10.8. The molecule has 0 saturated heterocycles. The van der Waals surface area contributed by atoms with Gasteiger partial charge in [0.15, 0.2) is 11.5 Å². The molecule has 170 valence electrons. The molecule has 3 aromatic rings. The summed E-state index contributed by atoms with van der Waals surface area (Å²) in [4.78, 5) is 19.4. The fourth-order valence-corrected chi connectivity index (χ4v) is 3.58. The van der Waals surface area contributed by atoms with Crippen molar-refractivity contribution in [2.45, 2.75) is 39.7 Å². The SMILES string of the molecule is COc1ccc(-c2noc(CCN(C(=O)CC(C)C)[C@H](C)c3ccccc3)n2)cc1OC. The zero-order valence-corrected chi connectivity index (χ0v) is 19.4. The van der Waals surface area contributed by atoms with Gasteiger partial charge >= 0.3 is 0 Å². The van der Waals surface area contributed by atoms with Crippen LogP contribution < -0.4 is 9.47 Å². The molecule has 32 heavy (non-hydrogen) atoms. The molecule has 0 saturated carbocycles. The Hall–Kier alpha value is -3.35. The first kappa shape index (κ1) is 23.3. The average molecular weight is 438 g/mol. The van der Waals surface area contributed by atoms with Crippen molar-refractivity contribution in [3.05, 3.63) is 60.0 Å². The minimum atomic E-state index is -0.0457. The minimum absolute atomic E-state index is 0.0457. The van der Waals surface area contributed by atoms with Crippen LogP contribution in [-0.4, -0.2) is 41.7 Å². The number of carbonyl (C=O) groups excluding carboxylic acids is 1. The lowest BCUT2D eigenvalue weighted by molar-refractivity contribution is -0.134. The summed E-state index contributed by atoms with van der Waals surface area (Å²) in [5, 5.41) is 4.11. The third-order valence-corrected chi connectivity index (χ3v) is 5.33. The average Bonchev–Trinajstić information content (AvgIpc) is 3.27. The molecular weight excluding hydrogens is 406 g/mol. The highest BCUT2D eigenvalue weighted by Crippen LogP contribution is 2.31. The predicted octanol–water partition coefficient (Wildman–Crippen LogP) is 4.93. The molecule has 3 rings (SSSR count). The first-order chi connectivity index (χ1) is 15.4. The standard InChI is InChI=1S/C25H31N3O4/c1-17(2)15-24(29)28(18(3)19-9-7-6-8-10-19)14-13-23-26-25(27-32-23)20-11-12-21(30-4)22(16-20)31-5/h6-12,16-18H,13-15H2,1-5H3/t18-/m1/s1. The van der Waals surface area contributed by atoms with E-state index < -0.39 is 0 Å². The van der Waals surface area contributed by atoms with Gasteiger partial charge in [0.05, 0.1) is 20.3 Å². The van der Waals surface area contributed by atoms with Crippen molar-refractivity contribution >= 4 is 5.91 Å². The van der Waals surface area contributed by atoms with Gasteiger partial charge in [0.2, 0.25) is 17.6 Å². The summed E-state index contributed by atoms with van der Waals surface area (Å²) >= 11 is 0. The Bertz CT molecular complexity index is 1020. The van der Waals surface area contributed by atoms with Crippen molar-refractivity contribution < 1.29 is 18.8 Å². The Kier molecular flexibility index (Phi) is 7.87. The third kappa shape index (κ3) is 5.66.